The maximum atomic E-state index is 12.8. The number of anilines is 2. The molecule has 3 aromatic rings. The molecule has 2 aromatic carbocycles. The van der Waals surface area contributed by atoms with Gasteiger partial charge in [-0.1, -0.05) is 24.3 Å². The lowest BCUT2D eigenvalue weighted by atomic mass is 10.1. The van der Waals surface area contributed by atoms with Crippen molar-refractivity contribution in [2.24, 2.45) is 0 Å². The number of aromatic nitrogens is 1. The molecule has 0 bridgehead atoms. The summed E-state index contributed by atoms with van der Waals surface area (Å²) in [6.45, 7) is 3.98. The maximum absolute atomic E-state index is 12.8. The van der Waals surface area contributed by atoms with Gasteiger partial charge in [-0.2, -0.15) is 0 Å². The molecule has 0 saturated carbocycles. The molecular weight excluding hydrogens is 302 g/mol. The molecule has 0 radical (unpaired) electrons. The zero-order valence-electron chi connectivity index (χ0n) is 13.6. The Kier molecular flexibility index (Phi) is 4.08. The van der Waals surface area contributed by atoms with Crippen LogP contribution in [-0.2, 0) is 0 Å². The van der Waals surface area contributed by atoms with Gasteiger partial charge in [0.1, 0.15) is 5.56 Å². The number of fused-ring (bicyclic) bond motifs is 1. The Hall–Kier alpha value is -3.08. The van der Waals surface area contributed by atoms with Crippen molar-refractivity contribution in [1.29, 1.82) is 0 Å². The van der Waals surface area contributed by atoms with E-state index < -0.39 is 5.91 Å². The van der Waals surface area contributed by atoms with Crippen LogP contribution in [0.5, 0.6) is 0 Å². The second kappa shape index (κ2) is 6.20. The zero-order valence-corrected chi connectivity index (χ0v) is 13.6. The van der Waals surface area contributed by atoms with Crippen LogP contribution in [0.2, 0.25) is 0 Å². The minimum atomic E-state index is -0.439. The van der Waals surface area contributed by atoms with Crippen molar-refractivity contribution in [2.45, 2.75) is 19.9 Å². The first-order valence-corrected chi connectivity index (χ1v) is 7.79. The number of hydrogen-bond acceptors (Lipinski definition) is 3. The summed E-state index contributed by atoms with van der Waals surface area (Å²) in [5, 5.41) is 3.14. The molecule has 3 rings (SSSR count). The average Bonchev–Trinajstić information content (AvgIpc) is 2.55. The third kappa shape index (κ3) is 2.76. The van der Waals surface area contributed by atoms with Gasteiger partial charge < -0.3 is 15.6 Å². The van der Waals surface area contributed by atoms with Gasteiger partial charge in [-0.05, 0) is 38.1 Å². The Labute approximate surface area is 139 Å². The molecule has 0 fully saturated rings. The maximum Gasteiger partial charge on any atom is 0.261 e. The molecule has 0 aliphatic rings. The number of carbonyl (C=O) groups is 1. The normalized spacial score (nSPS) is 11.0. The van der Waals surface area contributed by atoms with Crippen LogP contribution in [0, 0.1) is 0 Å². The van der Waals surface area contributed by atoms with Crippen molar-refractivity contribution in [1.82, 2.24) is 4.57 Å². The molecule has 1 aromatic heterocycles. The van der Waals surface area contributed by atoms with Crippen molar-refractivity contribution in [2.75, 3.05) is 11.1 Å². The largest absolute Gasteiger partial charge is 0.398 e. The highest BCUT2D eigenvalue weighted by molar-refractivity contribution is 6.06. The molecule has 5 heteroatoms. The van der Waals surface area contributed by atoms with Crippen molar-refractivity contribution in [3.8, 4) is 0 Å². The summed E-state index contributed by atoms with van der Waals surface area (Å²) in [5.74, 6) is -0.439. The summed E-state index contributed by atoms with van der Waals surface area (Å²) in [6.07, 6.45) is 1.60. The number of nitrogens with two attached hydrogens (primary N) is 1. The van der Waals surface area contributed by atoms with Crippen LogP contribution in [0.3, 0.4) is 0 Å². The topological polar surface area (TPSA) is 77.1 Å². The number of carbonyl (C=O) groups excluding carboxylic acids is 1. The van der Waals surface area contributed by atoms with Gasteiger partial charge in [0.05, 0.1) is 10.9 Å². The third-order valence-corrected chi connectivity index (χ3v) is 3.93. The van der Waals surface area contributed by atoms with E-state index in [1.54, 1.807) is 30.5 Å². The van der Waals surface area contributed by atoms with Gasteiger partial charge >= 0.3 is 0 Å². The number of amides is 1. The van der Waals surface area contributed by atoms with E-state index in [2.05, 4.69) is 5.32 Å². The van der Waals surface area contributed by atoms with E-state index in [9.17, 15) is 9.59 Å². The van der Waals surface area contributed by atoms with Gasteiger partial charge in [-0.3, -0.25) is 9.59 Å². The smallest absolute Gasteiger partial charge is 0.261 e. The Morgan fingerprint density at radius 1 is 1.08 bits per heavy atom. The molecule has 0 saturated heterocycles. The van der Waals surface area contributed by atoms with Crippen molar-refractivity contribution in [3.05, 3.63) is 70.5 Å². The van der Waals surface area contributed by atoms with Gasteiger partial charge in [0, 0.05) is 23.6 Å². The monoisotopic (exact) mass is 321 g/mol. The summed E-state index contributed by atoms with van der Waals surface area (Å²) in [4.78, 5) is 25.4. The molecule has 122 valence electrons. The number of nitrogen functional groups attached to an aromatic ring is 1. The van der Waals surface area contributed by atoms with E-state index >= 15 is 0 Å². The SMILES string of the molecule is CC(C)n1cc(C(=O)Nc2ccccc2)c(=O)c2c(N)cccc21. The number of benzene rings is 2. The quantitative estimate of drug-likeness (QED) is 0.726. The molecule has 0 atom stereocenters. The zero-order chi connectivity index (χ0) is 17.3. The number of pyridine rings is 1. The average molecular weight is 321 g/mol. The second-order valence-electron chi connectivity index (χ2n) is 5.93. The predicted octanol–water partition coefficient (Wildman–Crippen LogP) is 3.42. The van der Waals surface area contributed by atoms with E-state index in [1.165, 1.54) is 0 Å². The highest BCUT2D eigenvalue weighted by Crippen LogP contribution is 2.22. The summed E-state index contributed by atoms with van der Waals surface area (Å²) in [6, 6.07) is 14.4. The minimum absolute atomic E-state index is 0.0814. The molecule has 1 heterocycles. The fraction of sp³-hybridized carbons (Fsp3) is 0.158. The van der Waals surface area contributed by atoms with Crippen LogP contribution >= 0.6 is 0 Å². The second-order valence-corrected chi connectivity index (χ2v) is 5.93. The molecule has 0 aliphatic heterocycles. The lowest BCUT2D eigenvalue weighted by molar-refractivity contribution is 0.102. The number of rotatable bonds is 3. The van der Waals surface area contributed by atoms with E-state index in [-0.39, 0.29) is 17.0 Å². The molecule has 24 heavy (non-hydrogen) atoms. The fourth-order valence-electron chi connectivity index (χ4n) is 2.73. The van der Waals surface area contributed by atoms with Crippen LogP contribution in [0.25, 0.3) is 10.9 Å². The number of hydrogen-bond donors (Lipinski definition) is 2. The van der Waals surface area contributed by atoms with Gasteiger partial charge in [-0.15, -0.1) is 0 Å². The van der Waals surface area contributed by atoms with Crippen LogP contribution in [-0.4, -0.2) is 10.5 Å². The third-order valence-electron chi connectivity index (χ3n) is 3.93. The van der Waals surface area contributed by atoms with Gasteiger partial charge in [0.2, 0.25) is 5.43 Å². The van der Waals surface area contributed by atoms with Gasteiger partial charge in [0.15, 0.2) is 0 Å². The van der Waals surface area contributed by atoms with Crippen molar-refractivity contribution in [3.63, 3.8) is 0 Å². The first-order valence-electron chi connectivity index (χ1n) is 7.79. The molecule has 1 amide bonds. The molecule has 0 spiro atoms. The van der Waals surface area contributed by atoms with Crippen molar-refractivity contribution >= 4 is 28.2 Å². The van der Waals surface area contributed by atoms with Crippen LogP contribution in [0.1, 0.15) is 30.2 Å². The fourth-order valence-corrected chi connectivity index (χ4v) is 2.73. The molecule has 3 N–H and O–H groups in total. The molecule has 5 nitrogen and oxygen atoms in total. The number of para-hydroxylation sites is 1. The minimum Gasteiger partial charge on any atom is -0.398 e. The number of nitrogens with zero attached hydrogens (tertiary/aromatic N) is 1. The molecule has 0 unspecified atom stereocenters. The lowest BCUT2D eigenvalue weighted by Gasteiger charge is -2.17. The first-order chi connectivity index (χ1) is 11.5. The Bertz CT molecular complexity index is 960. The lowest BCUT2D eigenvalue weighted by Crippen LogP contribution is -2.25. The molecule has 0 aliphatic carbocycles. The van der Waals surface area contributed by atoms with E-state index in [1.807, 2.05) is 42.7 Å². The van der Waals surface area contributed by atoms with Crippen molar-refractivity contribution < 1.29 is 4.79 Å². The van der Waals surface area contributed by atoms with E-state index in [4.69, 9.17) is 5.73 Å². The van der Waals surface area contributed by atoms with E-state index in [0.717, 1.165) is 5.52 Å². The molecular formula is C19H19N3O2. The van der Waals surface area contributed by atoms with Crippen LogP contribution < -0.4 is 16.5 Å². The summed E-state index contributed by atoms with van der Waals surface area (Å²) >= 11 is 0. The Balaban J connectivity index is 2.18. The predicted molar refractivity (Wildman–Crippen MR) is 97.4 cm³/mol. The summed E-state index contributed by atoms with van der Waals surface area (Å²) in [5.41, 5.74) is 7.47. The van der Waals surface area contributed by atoms with Gasteiger partial charge in [0.25, 0.3) is 5.91 Å². The van der Waals surface area contributed by atoms with Gasteiger partial charge in [-0.25, -0.2) is 0 Å². The summed E-state index contributed by atoms with van der Waals surface area (Å²) < 4.78 is 1.90. The highest BCUT2D eigenvalue weighted by atomic mass is 16.2. The first kappa shape index (κ1) is 15.8. The number of nitrogens with one attached hydrogen (secondary N) is 1. The highest BCUT2D eigenvalue weighted by Gasteiger charge is 2.18. The Morgan fingerprint density at radius 3 is 2.46 bits per heavy atom. The standard InChI is InChI=1S/C19H19N3O2/c1-12(2)22-11-14(19(24)21-13-7-4-3-5-8-13)18(23)17-15(20)9-6-10-16(17)22/h3-12H,20H2,1-2H3,(H,21,24). The van der Waals surface area contributed by atoms with Crippen LogP contribution in [0.4, 0.5) is 11.4 Å². The summed E-state index contributed by atoms with van der Waals surface area (Å²) in [7, 11) is 0. The Morgan fingerprint density at radius 2 is 1.79 bits per heavy atom. The van der Waals surface area contributed by atoms with E-state index in [0.29, 0.717) is 16.8 Å². The van der Waals surface area contributed by atoms with Crippen LogP contribution in [0.15, 0.2) is 59.5 Å².